The van der Waals surface area contributed by atoms with Crippen LogP contribution in [0.1, 0.15) is 35.2 Å². The lowest BCUT2D eigenvalue weighted by atomic mass is 10.1. The zero-order valence-corrected chi connectivity index (χ0v) is 19.9. The first-order valence-electron chi connectivity index (χ1n) is 11.9. The summed E-state index contributed by atoms with van der Waals surface area (Å²) in [6, 6.07) is 16.5. The van der Waals surface area contributed by atoms with Crippen LogP contribution in [-0.2, 0) is 17.8 Å². The highest BCUT2D eigenvalue weighted by molar-refractivity contribution is 5.91. The normalized spacial score (nSPS) is 11.6. The van der Waals surface area contributed by atoms with Gasteiger partial charge >= 0.3 is 0 Å². The molecule has 3 rings (SSSR count). The van der Waals surface area contributed by atoms with E-state index in [4.69, 9.17) is 10.2 Å². The molecule has 1 amide bonds. The Morgan fingerprint density at radius 3 is 2.44 bits per heavy atom. The molecule has 0 aliphatic carbocycles. The van der Waals surface area contributed by atoms with Crippen LogP contribution in [-0.4, -0.2) is 59.0 Å². The average molecular weight is 465 g/mol. The predicted octanol–water partition coefficient (Wildman–Crippen LogP) is 2.92. The molecule has 0 aliphatic heterocycles. The fourth-order valence-corrected chi connectivity index (χ4v) is 3.96. The second-order valence-electron chi connectivity index (χ2n) is 8.39. The van der Waals surface area contributed by atoms with Gasteiger partial charge < -0.3 is 20.5 Å². The van der Waals surface area contributed by atoms with Gasteiger partial charge in [-0.25, -0.2) is 5.01 Å². The number of carbonyl (C=O) groups is 1. The van der Waals surface area contributed by atoms with Gasteiger partial charge in [-0.05, 0) is 61.6 Å². The van der Waals surface area contributed by atoms with E-state index < -0.39 is 0 Å². The van der Waals surface area contributed by atoms with Crippen LogP contribution in [0.4, 0.5) is 0 Å². The number of aromatic amines is 1. The van der Waals surface area contributed by atoms with Crippen LogP contribution >= 0.6 is 0 Å². The molecule has 0 unspecified atom stereocenters. The summed E-state index contributed by atoms with van der Waals surface area (Å²) in [7, 11) is 0. The smallest absolute Gasteiger partial charge is 0.258 e. The molecule has 0 aliphatic rings. The van der Waals surface area contributed by atoms with Gasteiger partial charge in [-0.15, -0.1) is 0 Å². The van der Waals surface area contributed by atoms with Gasteiger partial charge in [0.1, 0.15) is 0 Å². The van der Waals surface area contributed by atoms with Crippen molar-refractivity contribution in [2.45, 2.75) is 32.7 Å². The maximum atomic E-state index is 12.2. The number of para-hydroxylation sites is 1. The van der Waals surface area contributed by atoms with Crippen LogP contribution in [0.2, 0.25) is 0 Å². The highest BCUT2D eigenvalue weighted by Gasteiger charge is 2.08. The molecular formula is C27H36N4O3. The summed E-state index contributed by atoms with van der Waals surface area (Å²) in [5, 5.41) is 24.5. The summed E-state index contributed by atoms with van der Waals surface area (Å²) in [6.45, 7) is 5.01. The van der Waals surface area contributed by atoms with E-state index in [1.807, 2.05) is 12.1 Å². The van der Waals surface area contributed by atoms with E-state index >= 15 is 0 Å². The van der Waals surface area contributed by atoms with E-state index in [0.29, 0.717) is 25.9 Å². The van der Waals surface area contributed by atoms with Crippen LogP contribution in [0.5, 0.6) is 0 Å². The minimum Gasteiger partial charge on any atom is -0.396 e. The molecule has 34 heavy (non-hydrogen) atoms. The summed E-state index contributed by atoms with van der Waals surface area (Å²) in [5.41, 5.74) is 8.73. The molecular weight excluding hydrogens is 428 g/mol. The molecule has 1 heterocycles. The van der Waals surface area contributed by atoms with Crippen molar-refractivity contribution in [1.29, 1.82) is 0 Å². The van der Waals surface area contributed by atoms with E-state index in [1.165, 1.54) is 33.8 Å². The number of carbonyl (C=O) groups excluding carboxylic acids is 1. The number of H-pyrrole nitrogens is 1. The van der Waals surface area contributed by atoms with Crippen molar-refractivity contribution in [1.82, 2.24) is 20.7 Å². The quantitative estimate of drug-likeness (QED) is 0.144. The molecule has 3 aromatic rings. The summed E-state index contributed by atoms with van der Waals surface area (Å²) in [5.74, 6) is -0.228. The Balaban J connectivity index is 1.43. The van der Waals surface area contributed by atoms with E-state index in [0.717, 1.165) is 25.1 Å². The number of aromatic nitrogens is 1. The lowest BCUT2D eigenvalue weighted by Gasteiger charge is -2.21. The van der Waals surface area contributed by atoms with Crippen LogP contribution in [0, 0.1) is 6.92 Å². The van der Waals surface area contributed by atoms with Crippen molar-refractivity contribution in [3.05, 3.63) is 77.0 Å². The Kier molecular flexibility index (Phi) is 10.3. The molecule has 0 bridgehead atoms. The molecule has 0 saturated heterocycles. The molecule has 0 saturated carbocycles. The third-order valence-electron chi connectivity index (χ3n) is 5.76. The van der Waals surface area contributed by atoms with Gasteiger partial charge in [-0.3, -0.25) is 10.2 Å². The molecule has 1 aromatic heterocycles. The highest BCUT2D eigenvalue weighted by atomic mass is 16.3. The number of nitrogens with one attached hydrogen (secondary N) is 3. The number of rotatable bonds is 14. The van der Waals surface area contributed by atoms with E-state index in [2.05, 4.69) is 59.0 Å². The lowest BCUT2D eigenvalue weighted by Crippen LogP contribution is -2.43. The molecule has 5 N–H and O–H groups in total. The summed E-state index contributed by atoms with van der Waals surface area (Å²) in [6.07, 6.45) is 5.38. The zero-order chi connectivity index (χ0) is 24.2. The molecule has 0 fully saturated rings. The molecule has 7 nitrogen and oxygen atoms in total. The van der Waals surface area contributed by atoms with Crippen LogP contribution in [0.15, 0.2) is 54.6 Å². The second-order valence-corrected chi connectivity index (χ2v) is 8.39. The molecule has 182 valence electrons. The third-order valence-corrected chi connectivity index (χ3v) is 5.76. The monoisotopic (exact) mass is 464 g/mol. The molecule has 7 heteroatoms. The maximum Gasteiger partial charge on any atom is 0.258 e. The second kappa shape index (κ2) is 13.7. The third kappa shape index (κ3) is 7.81. The number of aryl methyl sites for hydroxylation is 1. The number of aliphatic hydroxyl groups excluding tert-OH is 2. The van der Waals surface area contributed by atoms with Gasteiger partial charge in [-0.1, -0.05) is 42.5 Å². The molecule has 2 aromatic carbocycles. The van der Waals surface area contributed by atoms with E-state index in [-0.39, 0.29) is 19.1 Å². The van der Waals surface area contributed by atoms with Crippen molar-refractivity contribution >= 4 is 22.9 Å². The first-order chi connectivity index (χ1) is 16.6. The van der Waals surface area contributed by atoms with Crippen molar-refractivity contribution in [3.8, 4) is 0 Å². The predicted molar refractivity (Wildman–Crippen MR) is 137 cm³/mol. The number of hydrazine groups is 1. The average Bonchev–Trinajstić information content (AvgIpc) is 3.17. The largest absolute Gasteiger partial charge is 0.396 e. The van der Waals surface area contributed by atoms with Crippen molar-refractivity contribution in [2.75, 3.05) is 32.8 Å². The standard InChI is InChI=1S/C27H36N4O3/c1-21-24(25-6-2-3-7-26(25)29-21)14-15-28-20-23-10-8-22(9-11-23)12-13-27(34)30-31(16-4-18-32)17-5-19-33/h2-3,6-13,28-29,32-33H,4-5,14-20H2,1H3,(H,30,34)/b13-12+. The highest BCUT2D eigenvalue weighted by Crippen LogP contribution is 2.21. The fraction of sp³-hybridized carbons (Fsp3) is 0.370. The minimum absolute atomic E-state index is 0.0607. The topological polar surface area (TPSA) is 101 Å². The van der Waals surface area contributed by atoms with Gasteiger partial charge in [0.05, 0.1) is 0 Å². The maximum absolute atomic E-state index is 12.2. The lowest BCUT2D eigenvalue weighted by molar-refractivity contribution is -0.121. The summed E-state index contributed by atoms with van der Waals surface area (Å²) < 4.78 is 0. The number of nitrogens with zero attached hydrogens (tertiary/aromatic N) is 1. The Bertz CT molecular complexity index is 1050. The number of hydrogen-bond donors (Lipinski definition) is 5. The Hall–Kier alpha value is -2.97. The van der Waals surface area contributed by atoms with Gasteiger partial charge in [0.25, 0.3) is 5.91 Å². The minimum atomic E-state index is -0.228. The van der Waals surface area contributed by atoms with Gasteiger partial charge in [0.2, 0.25) is 0 Å². The number of hydrogen-bond acceptors (Lipinski definition) is 5. The van der Waals surface area contributed by atoms with Crippen LogP contribution < -0.4 is 10.7 Å². The van der Waals surface area contributed by atoms with Crippen LogP contribution in [0.3, 0.4) is 0 Å². The number of fused-ring (bicyclic) bond motifs is 1. The number of aliphatic hydroxyl groups is 2. The Labute approximate surface area is 201 Å². The van der Waals surface area contributed by atoms with Gasteiger partial charge in [0.15, 0.2) is 0 Å². The molecule has 0 radical (unpaired) electrons. The van der Waals surface area contributed by atoms with Crippen LogP contribution in [0.25, 0.3) is 17.0 Å². The Morgan fingerprint density at radius 1 is 1.03 bits per heavy atom. The van der Waals surface area contributed by atoms with E-state index in [9.17, 15) is 4.79 Å². The first-order valence-corrected chi connectivity index (χ1v) is 11.9. The first kappa shape index (κ1) is 25.6. The number of amides is 1. The summed E-state index contributed by atoms with van der Waals surface area (Å²) in [4.78, 5) is 15.7. The van der Waals surface area contributed by atoms with Crippen molar-refractivity contribution < 1.29 is 15.0 Å². The molecule has 0 spiro atoms. The Morgan fingerprint density at radius 2 is 1.74 bits per heavy atom. The fourth-order valence-electron chi connectivity index (χ4n) is 3.96. The van der Waals surface area contributed by atoms with Crippen molar-refractivity contribution in [2.24, 2.45) is 0 Å². The number of benzene rings is 2. The zero-order valence-electron chi connectivity index (χ0n) is 19.9. The van der Waals surface area contributed by atoms with E-state index in [1.54, 1.807) is 11.1 Å². The van der Waals surface area contributed by atoms with Gasteiger partial charge in [-0.2, -0.15) is 0 Å². The van der Waals surface area contributed by atoms with Crippen molar-refractivity contribution in [3.63, 3.8) is 0 Å². The summed E-state index contributed by atoms with van der Waals surface area (Å²) >= 11 is 0. The molecule has 0 atom stereocenters. The van der Waals surface area contributed by atoms with Gasteiger partial charge in [0, 0.05) is 55.5 Å². The SMILES string of the molecule is Cc1[nH]c2ccccc2c1CCNCc1ccc(/C=C/C(=O)NN(CCCO)CCCO)cc1.